The third-order valence-corrected chi connectivity index (χ3v) is 2.80. The van der Waals surface area contributed by atoms with E-state index in [1.807, 2.05) is 6.92 Å². The molecular weight excluding hydrogens is 136 g/mol. The van der Waals surface area contributed by atoms with Crippen molar-refractivity contribution in [3.05, 3.63) is 12.2 Å². The molecule has 0 aliphatic heterocycles. The summed E-state index contributed by atoms with van der Waals surface area (Å²) < 4.78 is 0. The lowest BCUT2D eigenvalue weighted by Crippen LogP contribution is -2.32. The van der Waals surface area contributed by atoms with E-state index in [2.05, 4.69) is 13.5 Å². The molecule has 11 heavy (non-hydrogen) atoms. The van der Waals surface area contributed by atoms with E-state index >= 15 is 0 Å². The van der Waals surface area contributed by atoms with Crippen LogP contribution in [0.4, 0.5) is 0 Å². The van der Waals surface area contributed by atoms with E-state index in [-0.39, 0.29) is 6.10 Å². The molecule has 0 spiro atoms. The van der Waals surface area contributed by atoms with Crippen LogP contribution in [0.3, 0.4) is 0 Å². The zero-order valence-electron chi connectivity index (χ0n) is 7.51. The fourth-order valence-electron chi connectivity index (χ4n) is 1.94. The summed E-state index contributed by atoms with van der Waals surface area (Å²) in [5.41, 5.74) is 1.14. The number of hydrogen-bond donors (Lipinski definition) is 1. The summed E-state index contributed by atoms with van der Waals surface area (Å²) >= 11 is 0. The minimum atomic E-state index is -0.138. The van der Waals surface area contributed by atoms with Crippen LogP contribution in [0.25, 0.3) is 0 Å². The van der Waals surface area contributed by atoms with Crippen molar-refractivity contribution in [1.82, 2.24) is 0 Å². The molecule has 3 atom stereocenters. The van der Waals surface area contributed by atoms with Gasteiger partial charge in [0.05, 0.1) is 6.10 Å². The standard InChI is InChI=1S/C10H18O/c1-7(2)9-6-4-5-8(3)10(9)11/h8-11H,1,4-6H2,2-3H3. The van der Waals surface area contributed by atoms with Crippen molar-refractivity contribution in [2.75, 3.05) is 0 Å². The van der Waals surface area contributed by atoms with E-state index in [9.17, 15) is 5.11 Å². The smallest absolute Gasteiger partial charge is 0.0630 e. The minimum absolute atomic E-state index is 0.138. The van der Waals surface area contributed by atoms with Gasteiger partial charge in [0, 0.05) is 5.92 Å². The van der Waals surface area contributed by atoms with Crippen molar-refractivity contribution in [1.29, 1.82) is 0 Å². The molecular formula is C10H18O. The van der Waals surface area contributed by atoms with Crippen molar-refractivity contribution >= 4 is 0 Å². The highest BCUT2D eigenvalue weighted by atomic mass is 16.3. The predicted octanol–water partition coefficient (Wildman–Crippen LogP) is 2.36. The Labute approximate surface area is 69.1 Å². The lowest BCUT2D eigenvalue weighted by Gasteiger charge is -2.33. The van der Waals surface area contributed by atoms with E-state index in [4.69, 9.17) is 0 Å². The fourth-order valence-corrected chi connectivity index (χ4v) is 1.94. The molecule has 1 fully saturated rings. The van der Waals surface area contributed by atoms with Crippen LogP contribution in [-0.2, 0) is 0 Å². The molecule has 0 bridgehead atoms. The Kier molecular flexibility index (Phi) is 2.72. The predicted molar refractivity (Wildman–Crippen MR) is 47.3 cm³/mol. The van der Waals surface area contributed by atoms with Gasteiger partial charge in [-0.2, -0.15) is 0 Å². The summed E-state index contributed by atoms with van der Waals surface area (Å²) in [7, 11) is 0. The second kappa shape index (κ2) is 3.40. The van der Waals surface area contributed by atoms with Crippen molar-refractivity contribution in [2.24, 2.45) is 11.8 Å². The van der Waals surface area contributed by atoms with E-state index in [0.717, 1.165) is 12.0 Å². The average Bonchev–Trinajstić information content (AvgIpc) is 1.94. The lowest BCUT2D eigenvalue weighted by atomic mass is 9.77. The second-order valence-electron chi connectivity index (χ2n) is 3.85. The Bertz CT molecular complexity index is 151. The molecule has 1 nitrogen and oxygen atoms in total. The van der Waals surface area contributed by atoms with Crippen molar-refractivity contribution in [3.8, 4) is 0 Å². The number of aliphatic hydroxyl groups is 1. The van der Waals surface area contributed by atoms with Crippen LogP contribution in [0.15, 0.2) is 12.2 Å². The zero-order valence-corrected chi connectivity index (χ0v) is 7.51. The first-order chi connectivity index (χ1) is 5.13. The van der Waals surface area contributed by atoms with Gasteiger partial charge in [0.2, 0.25) is 0 Å². The van der Waals surface area contributed by atoms with E-state index < -0.39 is 0 Å². The molecule has 1 N–H and O–H groups in total. The first kappa shape index (κ1) is 8.79. The van der Waals surface area contributed by atoms with Crippen LogP contribution in [-0.4, -0.2) is 11.2 Å². The third kappa shape index (κ3) is 1.84. The van der Waals surface area contributed by atoms with Gasteiger partial charge in [0.15, 0.2) is 0 Å². The normalized spacial score (nSPS) is 38.6. The molecule has 0 aromatic rings. The maximum Gasteiger partial charge on any atom is 0.0630 e. The zero-order chi connectivity index (χ0) is 8.43. The minimum Gasteiger partial charge on any atom is -0.392 e. The van der Waals surface area contributed by atoms with Crippen molar-refractivity contribution in [2.45, 2.75) is 39.2 Å². The molecule has 1 aliphatic carbocycles. The lowest BCUT2D eigenvalue weighted by molar-refractivity contribution is 0.0409. The number of hydrogen-bond acceptors (Lipinski definition) is 1. The quantitative estimate of drug-likeness (QED) is 0.575. The summed E-state index contributed by atoms with van der Waals surface area (Å²) in [6.45, 7) is 8.05. The van der Waals surface area contributed by atoms with Crippen LogP contribution in [0.5, 0.6) is 0 Å². The first-order valence-corrected chi connectivity index (χ1v) is 4.46. The van der Waals surface area contributed by atoms with Gasteiger partial charge < -0.3 is 5.11 Å². The van der Waals surface area contributed by atoms with Gasteiger partial charge in [-0.1, -0.05) is 25.5 Å². The summed E-state index contributed by atoms with van der Waals surface area (Å²) in [6.07, 6.45) is 3.41. The van der Waals surface area contributed by atoms with E-state index in [0.29, 0.717) is 11.8 Å². The molecule has 0 heterocycles. The summed E-state index contributed by atoms with van der Waals surface area (Å²) in [4.78, 5) is 0. The molecule has 1 rings (SSSR count). The average molecular weight is 154 g/mol. The Morgan fingerprint density at radius 2 is 2.09 bits per heavy atom. The first-order valence-electron chi connectivity index (χ1n) is 4.46. The molecule has 0 radical (unpaired) electrons. The highest BCUT2D eigenvalue weighted by Crippen LogP contribution is 2.32. The molecule has 64 valence electrons. The van der Waals surface area contributed by atoms with E-state index in [1.165, 1.54) is 12.8 Å². The highest BCUT2D eigenvalue weighted by molar-refractivity contribution is 5.01. The topological polar surface area (TPSA) is 20.2 Å². The maximum atomic E-state index is 9.75. The molecule has 0 aromatic heterocycles. The number of rotatable bonds is 1. The Balaban J connectivity index is 2.58. The van der Waals surface area contributed by atoms with Crippen LogP contribution < -0.4 is 0 Å². The third-order valence-electron chi connectivity index (χ3n) is 2.80. The van der Waals surface area contributed by atoms with Crippen LogP contribution in [0, 0.1) is 11.8 Å². The van der Waals surface area contributed by atoms with Crippen LogP contribution >= 0.6 is 0 Å². The Morgan fingerprint density at radius 3 is 2.55 bits per heavy atom. The Morgan fingerprint density at radius 1 is 1.45 bits per heavy atom. The molecule has 3 unspecified atom stereocenters. The van der Waals surface area contributed by atoms with Gasteiger partial charge in [0.1, 0.15) is 0 Å². The number of aliphatic hydroxyl groups excluding tert-OH is 1. The van der Waals surface area contributed by atoms with E-state index in [1.54, 1.807) is 0 Å². The van der Waals surface area contributed by atoms with Gasteiger partial charge in [-0.3, -0.25) is 0 Å². The molecule has 0 amide bonds. The summed E-state index contributed by atoms with van der Waals surface area (Å²) in [6, 6.07) is 0. The van der Waals surface area contributed by atoms with Gasteiger partial charge >= 0.3 is 0 Å². The second-order valence-corrected chi connectivity index (χ2v) is 3.85. The van der Waals surface area contributed by atoms with Crippen LogP contribution in [0.2, 0.25) is 0 Å². The molecule has 1 saturated carbocycles. The van der Waals surface area contributed by atoms with Crippen molar-refractivity contribution < 1.29 is 5.11 Å². The summed E-state index contributed by atoms with van der Waals surface area (Å²) in [5.74, 6) is 0.823. The summed E-state index contributed by atoms with van der Waals surface area (Å²) in [5, 5.41) is 9.75. The monoisotopic (exact) mass is 154 g/mol. The van der Waals surface area contributed by atoms with Gasteiger partial charge in [0.25, 0.3) is 0 Å². The van der Waals surface area contributed by atoms with Gasteiger partial charge in [-0.25, -0.2) is 0 Å². The maximum absolute atomic E-state index is 9.75. The highest BCUT2D eigenvalue weighted by Gasteiger charge is 2.28. The largest absolute Gasteiger partial charge is 0.392 e. The van der Waals surface area contributed by atoms with Crippen LogP contribution in [0.1, 0.15) is 33.1 Å². The molecule has 1 heteroatoms. The van der Waals surface area contributed by atoms with Gasteiger partial charge in [-0.05, 0) is 25.7 Å². The molecule has 1 aliphatic rings. The SMILES string of the molecule is C=C(C)C1CCCC(C)C1O. The van der Waals surface area contributed by atoms with Crippen molar-refractivity contribution in [3.63, 3.8) is 0 Å². The Hall–Kier alpha value is -0.300. The molecule has 0 aromatic carbocycles. The molecule has 0 saturated heterocycles. The van der Waals surface area contributed by atoms with Gasteiger partial charge in [-0.15, -0.1) is 0 Å². The fraction of sp³-hybridized carbons (Fsp3) is 0.800.